The molecule has 0 unspecified atom stereocenters. The molecule has 1 heterocycles. The zero-order valence-electron chi connectivity index (χ0n) is 11.3. The SMILES string of the molecule is CCCn1c(=O)n(CC(=O)COC)c2ccccc21. The monoisotopic (exact) mass is 262 g/mol. The minimum atomic E-state index is -0.132. The molecule has 19 heavy (non-hydrogen) atoms. The number of hydrogen-bond donors (Lipinski definition) is 0. The number of ketones is 1. The third-order valence-corrected chi connectivity index (χ3v) is 3.01. The fourth-order valence-electron chi connectivity index (χ4n) is 2.25. The van der Waals surface area contributed by atoms with Crippen LogP contribution in [-0.4, -0.2) is 28.6 Å². The van der Waals surface area contributed by atoms with E-state index in [9.17, 15) is 9.59 Å². The second-order valence-electron chi connectivity index (χ2n) is 4.48. The molecule has 0 spiro atoms. The number of carbonyl (C=O) groups excluding carboxylic acids is 1. The number of methoxy groups -OCH3 is 1. The topological polar surface area (TPSA) is 53.2 Å². The van der Waals surface area contributed by atoms with E-state index < -0.39 is 0 Å². The quantitative estimate of drug-likeness (QED) is 0.791. The van der Waals surface area contributed by atoms with Gasteiger partial charge in [-0.2, -0.15) is 0 Å². The summed E-state index contributed by atoms with van der Waals surface area (Å²) in [5, 5.41) is 0. The Morgan fingerprint density at radius 1 is 1.21 bits per heavy atom. The zero-order chi connectivity index (χ0) is 13.8. The first-order chi connectivity index (χ1) is 9.19. The van der Waals surface area contributed by atoms with Gasteiger partial charge < -0.3 is 4.74 Å². The largest absolute Gasteiger partial charge is 0.377 e. The van der Waals surface area contributed by atoms with Crippen LogP contribution in [0.2, 0.25) is 0 Å². The summed E-state index contributed by atoms with van der Waals surface area (Å²) in [4.78, 5) is 24.0. The van der Waals surface area contributed by atoms with Crippen molar-refractivity contribution >= 4 is 16.8 Å². The summed E-state index contributed by atoms with van der Waals surface area (Å²) in [5.41, 5.74) is 1.54. The standard InChI is InChI=1S/C14H18N2O3/c1-3-8-15-12-6-4-5-7-13(12)16(14(15)18)9-11(17)10-19-2/h4-7H,3,8-10H2,1-2H3. The van der Waals surface area contributed by atoms with Gasteiger partial charge in [0.2, 0.25) is 0 Å². The van der Waals surface area contributed by atoms with Gasteiger partial charge in [-0.3, -0.25) is 13.9 Å². The second kappa shape index (κ2) is 5.84. The van der Waals surface area contributed by atoms with Gasteiger partial charge >= 0.3 is 5.69 Å². The first-order valence-corrected chi connectivity index (χ1v) is 6.37. The van der Waals surface area contributed by atoms with Crippen molar-refractivity contribution in [1.82, 2.24) is 9.13 Å². The van der Waals surface area contributed by atoms with Crippen LogP contribution in [-0.2, 0) is 22.6 Å². The highest BCUT2D eigenvalue weighted by Gasteiger charge is 2.14. The van der Waals surface area contributed by atoms with Gasteiger partial charge in [-0.1, -0.05) is 19.1 Å². The molecule has 0 aliphatic carbocycles. The predicted octanol–water partition coefficient (Wildman–Crippen LogP) is 1.43. The van der Waals surface area contributed by atoms with Gasteiger partial charge in [-0.05, 0) is 18.6 Å². The maximum absolute atomic E-state index is 12.4. The minimum absolute atomic E-state index is 0.0275. The van der Waals surface area contributed by atoms with E-state index in [2.05, 4.69) is 0 Å². The molecule has 0 aliphatic heterocycles. The van der Waals surface area contributed by atoms with E-state index in [1.165, 1.54) is 11.7 Å². The molecular weight excluding hydrogens is 244 g/mol. The van der Waals surface area contributed by atoms with Crippen LogP contribution in [0.4, 0.5) is 0 Å². The lowest BCUT2D eigenvalue weighted by molar-refractivity contribution is -0.123. The molecule has 0 amide bonds. The average molecular weight is 262 g/mol. The number of ether oxygens (including phenoxy) is 1. The zero-order valence-corrected chi connectivity index (χ0v) is 11.3. The van der Waals surface area contributed by atoms with E-state index in [-0.39, 0.29) is 24.6 Å². The average Bonchev–Trinajstić information content (AvgIpc) is 2.66. The fraction of sp³-hybridized carbons (Fsp3) is 0.429. The Bertz CT molecular complexity index is 640. The normalized spacial score (nSPS) is 11.1. The molecule has 0 saturated heterocycles. The lowest BCUT2D eigenvalue weighted by Gasteiger charge is -2.01. The Kier molecular flexibility index (Phi) is 4.16. The number of carbonyl (C=O) groups is 1. The molecule has 0 bridgehead atoms. The molecule has 0 N–H and O–H groups in total. The lowest BCUT2D eigenvalue weighted by Crippen LogP contribution is -2.28. The highest BCUT2D eigenvalue weighted by Crippen LogP contribution is 2.13. The summed E-state index contributed by atoms with van der Waals surface area (Å²) in [6.45, 7) is 2.77. The number of imidazole rings is 1. The Hall–Kier alpha value is -1.88. The van der Waals surface area contributed by atoms with Gasteiger partial charge in [0.05, 0.1) is 17.6 Å². The molecular formula is C14H18N2O3. The van der Waals surface area contributed by atoms with E-state index in [1.54, 1.807) is 4.57 Å². The molecule has 102 valence electrons. The predicted molar refractivity (Wildman–Crippen MR) is 73.4 cm³/mol. The molecule has 0 atom stereocenters. The van der Waals surface area contributed by atoms with E-state index in [1.807, 2.05) is 31.2 Å². The van der Waals surface area contributed by atoms with Gasteiger partial charge in [0.1, 0.15) is 6.61 Å². The molecule has 2 aromatic rings. The van der Waals surface area contributed by atoms with Crippen molar-refractivity contribution in [2.45, 2.75) is 26.4 Å². The van der Waals surface area contributed by atoms with E-state index in [0.717, 1.165) is 17.5 Å². The van der Waals surface area contributed by atoms with Gasteiger partial charge in [0, 0.05) is 13.7 Å². The van der Waals surface area contributed by atoms with Gasteiger partial charge in [-0.25, -0.2) is 4.79 Å². The van der Waals surface area contributed by atoms with Crippen molar-refractivity contribution in [3.63, 3.8) is 0 Å². The number of hydrogen-bond acceptors (Lipinski definition) is 3. The number of benzene rings is 1. The van der Waals surface area contributed by atoms with E-state index in [0.29, 0.717) is 6.54 Å². The summed E-state index contributed by atoms with van der Waals surface area (Å²) in [6, 6.07) is 7.54. The summed E-state index contributed by atoms with van der Waals surface area (Å²) in [7, 11) is 1.47. The molecule has 0 aliphatic rings. The van der Waals surface area contributed by atoms with Crippen LogP contribution in [0, 0.1) is 0 Å². The van der Waals surface area contributed by atoms with Crippen molar-refractivity contribution in [1.29, 1.82) is 0 Å². The number of aromatic nitrogens is 2. The second-order valence-corrected chi connectivity index (χ2v) is 4.48. The highest BCUT2D eigenvalue weighted by molar-refractivity contribution is 5.82. The van der Waals surface area contributed by atoms with Crippen molar-refractivity contribution < 1.29 is 9.53 Å². The van der Waals surface area contributed by atoms with Crippen LogP contribution in [0.3, 0.4) is 0 Å². The minimum Gasteiger partial charge on any atom is -0.377 e. The van der Waals surface area contributed by atoms with Crippen molar-refractivity contribution in [2.75, 3.05) is 13.7 Å². The molecule has 1 aromatic carbocycles. The Labute approximate surface area is 111 Å². The Morgan fingerprint density at radius 3 is 2.42 bits per heavy atom. The third-order valence-electron chi connectivity index (χ3n) is 3.01. The van der Waals surface area contributed by atoms with Crippen molar-refractivity contribution in [2.24, 2.45) is 0 Å². The number of Topliss-reactive ketones (excluding diaryl/α,β-unsaturated/α-hetero) is 1. The number of rotatable bonds is 6. The fourth-order valence-corrected chi connectivity index (χ4v) is 2.25. The summed E-state index contributed by atoms with van der Waals surface area (Å²) >= 11 is 0. The smallest absolute Gasteiger partial charge is 0.329 e. The van der Waals surface area contributed by atoms with E-state index in [4.69, 9.17) is 4.74 Å². The molecule has 1 aromatic heterocycles. The molecule has 0 radical (unpaired) electrons. The molecule has 0 saturated carbocycles. The van der Waals surface area contributed by atoms with E-state index >= 15 is 0 Å². The van der Waals surface area contributed by atoms with Crippen LogP contribution in [0.1, 0.15) is 13.3 Å². The molecule has 0 fully saturated rings. The summed E-state index contributed by atoms with van der Waals surface area (Å²) in [6.07, 6.45) is 0.875. The molecule has 5 heteroatoms. The maximum atomic E-state index is 12.4. The van der Waals surface area contributed by atoms with Gasteiger partial charge in [0.15, 0.2) is 5.78 Å². The molecule has 5 nitrogen and oxygen atoms in total. The number of para-hydroxylation sites is 2. The van der Waals surface area contributed by atoms with Gasteiger partial charge in [0.25, 0.3) is 0 Å². The van der Waals surface area contributed by atoms with Crippen molar-refractivity contribution in [3.8, 4) is 0 Å². The Balaban J connectivity index is 2.51. The van der Waals surface area contributed by atoms with Gasteiger partial charge in [-0.15, -0.1) is 0 Å². The first-order valence-electron chi connectivity index (χ1n) is 6.37. The Morgan fingerprint density at radius 2 is 1.84 bits per heavy atom. The number of fused-ring (bicyclic) bond motifs is 1. The van der Waals surface area contributed by atoms with Crippen LogP contribution in [0.25, 0.3) is 11.0 Å². The maximum Gasteiger partial charge on any atom is 0.329 e. The number of aryl methyl sites for hydroxylation is 1. The van der Waals surface area contributed by atoms with Crippen molar-refractivity contribution in [3.05, 3.63) is 34.7 Å². The first kappa shape index (κ1) is 13.5. The summed E-state index contributed by atoms with van der Waals surface area (Å²) < 4.78 is 8.05. The summed E-state index contributed by atoms with van der Waals surface area (Å²) in [5.74, 6) is -0.107. The van der Waals surface area contributed by atoms with Crippen LogP contribution in [0.5, 0.6) is 0 Å². The third kappa shape index (κ3) is 2.61. The van der Waals surface area contributed by atoms with Crippen LogP contribution in [0.15, 0.2) is 29.1 Å². The lowest BCUT2D eigenvalue weighted by atomic mass is 10.3. The highest BCUT2D eigenvalue weighted by atomic mass is 16.5. The van der Waals surface area contributed by atoms with Crippen LogP contribution >= 0.6 is 0 Å². The number of nitrogens with zero attached hydrogens (tertiary/aromatic N) is 2. The molecule has 2 rings (SSSR count). The van der Waals surface area contributed by atoms with Crippen LogP contribution < -0.4 is 5.69 Å².